The van der Waals surface area contributed by atoms with E-state index in [1.807, 2.05) is 11.3 Å². The van der Waals surface area contributed by atoms with Crippen LogP contribution in [0.3, 0.4) is 0 Å². The minimum absolute atomic E-state index is 0.772. The summed E-state index contributed by atoms with van der Waals surface area (Å²) in [6.07, 6.45) is 7.13. The normalized spacial score (nSPS) is 19.6. The van der Waals surface area contributed by atoms with Gasteiger partial charge in [-0.1, -0.05) is 6.07 Å². The number of thiophene rings is 1. The summed E-state index contributed by atoms with van der Waals surface area (Å²) < 4.78 is 2.44. The van der Waals surface area contributed by atoms with E-state index < -0.39 is 0 Å². The summed E-state index contributed by atoms with van der Waals surface area (Å²) in [6, 6.07) is 5.15. The quantitative estimate of drug-likeness (QED) is 0.854. The van der Waals surface area contributed by atoms with E-state index >= 15 is 0 Å². The van der Waals surface area contributed by atoms with E-state index in [2.05, 4.69) is 38.3 Å². The van der Waals surface area contributed by atoms with E-state index in [1.165, 1.54) is 48.5 Å². The van der Waals surface area contributed by atoms with Gasteiger partial charge < -0.3 is 4.57 Å². The van der Waals surface area contributed by atoms with Gasteiger partial charge in [0.05, 0.1) is 12.0 Å². The Morgan fingerprint density at radius 3 is 3.11 bits per heavy atom. The van der Waals surface area contributed by atoms with Crippen LogP contribution in [0.15, 0.2) is 23.8 Å². The molecule has 0 spiro atoms. The summed E-state index contributed by atoms with van der Waals surface area (Å²) in [6.45, 7) is 3.40. The summed E-state index contributed by atoms with van der Waals surface area (Å²) in [5, 5.41) is 2.17. The third-order valence-electron chi connectivity index (χ3n) is 4.22. The maximum absolute atomic E-state index is 4.64. The Bertz CT molecular complexity index is 554. The van der Waals surface area contributed by atoms with Gasteiger partial charge in [0.15, 0.2) is 0 Å². The first-order chi connectivity index (χ1) is 9.40. The highest BCUT2D eigenvalue weighted by atomic mass is 32.1. The van der Waals surface area contributed by atoms with Crippen LogP contribution in [0.4, 0.5) is 0 Å². The van der Waals surface area contributed by atoms with Crippen LogP contribution in [0.25, 0.3) is 0 Å². The molecule has 1 saturated carbocycles. The second kappa shape index (κ2) is 4.76. The molecule has 0 radical (unpaired) electrons. The number of imidazole rings is 1. The van der Waals surface area contributed by atoms with Crippen LogP contribution in [-0.4, -0.2) is 27.5 Å². The molecule has 2 aliphatic rings. The molecule has 100 valence electrons. The van der Waals surface area contributed by atoms with Gasteiger partial charge in [0.1, 0.15) is 0 Å². The molecular weight excluding hydrogens is 254 g/mol. The lowest BCUT2D eigenvalue weighted by Gasteiger charge is -2.26. The molecule has 0 amide bonds. The Morgan fingerprint density at radius 1 is 1.37 bits per heavy atom. The molecule has 2 aromatic heterocycles. The molecule has 1 fully saturated rings. The van der Waals surface area contributed by atoms with Crippen LogP contribution >= 0.6 is 11.3 Å². The average Bonchev–Trinajstić information content (AvgIpc) is 3.00. The largest absolute Gasteiger partial charge is 0.331 e. The van der Waals surface area contributed by atoms with Gasteiger partial charge in [-0.25, -0.2) is 4.98 Å². The molecule has 0 N–H and O–H groups in total. The monoisotopic (exact) mass is 273 g/mol. The van der Waals surface area contributed by atoms with Gasteiger partial charge in [-0.05, 0) is 30.7 Å². The Kier molecular flexibility index (Phi) is 2.93. The van der Waals surface area contributed by atoms with Crippen LogP contribution < -0.4 is 0 Å². The molecule has 0 unspecified atom stereocenters. The Labute approximate surface area is 117 Å². The van der Waals surface area contributed by atoms with E-state index in [0.717, 1.165) is 19.1 Å². The molecule has 4 heteroatoms. The van der Waals surface area contributed by atoms with Crippen molar-refractivity contribution >= 4 is 11.3 Å². The Balaban J connectivity index is 1.41. The number of hydrogen-bond donors (Lipinski definition) is 0. The van der Waals surface area contributed by atoms with Crippen LogP contribution in [0.5, 0.6) is 0 Å². The van der Waals surface area contributed by atoms with Crippen molar-refractivity contribution in [2.45, 2.75) is 38.3 Å². The highest BCUT2D eigenvalue weighted by Gasteiger charge is 2.29. The smallest absolute Gasteiger partial charge is 0.0954 e. The second-order valence-electron chi connectivity index (χ2n) is 5.63. The Hall–Kier alpha value is -1.13. The van der Waals surface area contributed by atoms with E-state index in [9.17, 15) is 0 Å². The first kappa shape index (κ1) is 11.7. The number of rotatable bonds is 4. The van der Waals surface area contributed by atoms with Crippen molar-refractivity contribution < 1.29 is 0 Å². The zero-order valence-electron chi connectivity index (χ0n) is 11.1. The third kappa shape index (κ3) is 2.35. The van der Waals surface area contributed by atoms with Crippen LogP contribution in [0.2, 0.25) is 0 Å². The SMILES string of the molecule is c1csc(CCN2CCc3c(ncn3C3CC3)C2)c1. The second-order valence-corrected chi connectivity index (χ2v) is 6.66. The lowest BCUT2D eigenvalue weighted by atomic mass is 10.1. The van der Waals surface area contributed by atoms with Crippen molar-refractivity contribution in [3.63, 3.8) is 0 Å². The molecule has 0 saturated heterocycles. The fourth-order valence-corrected chi connectivity index (χ4v) is 3.67. The van der Waals surface area contributed by atoms with Crippen LogP contribution in [0, 0.1) is 0 Å². The molecule has 3 heterocycles. The summed E-state index contributed by atoms with van der Waals surface area (Å²) >= 11 is 1.87. The van der Waals surface area contributed by atoms with Crippen molar-refractivity contribution in [2.24, 2.45) is 0 Å². The van der Waals surface area contributed by atoms with Crippen LogP contribution in [-0.2, 0) is 19.4 Å². The van der Waals surface area contributed by atoms with Crippen molar-refractivity contribution in [3.8, 4) is 0 Å². The first-order valence-electron chi connectivity index (χ1n) is 7.19. The number of aromatic nitrogens is 2. The standard InChI is InChI=1S/C15H19N3S/c1-2-13(19-9-1)5-7-17-8-6-15-14(10-17)16-11-18(15)12-3-4-12/h1-2,9,11-12H,3-8,10H2. The average molecular weight is 273 g/mol. The lowest BCUT2D eigenvalue weighted by Crippen LogP contribution is -2.32. The summed E-state index contributed by atoms with van der Waals surface area (Å²) in [5.41, 5.74) is 2.83. The molecule has 19 heavy (non-hydrogen) atoms. The minimum Gasteiger partial charge on any atom is -0.331 e. The predicted octanol–water partition coefficient (Wildman–Crippen LogP) is 2.88. The number of hydrogen-bond acceptors (Lipinski definition) is 3. The van der Waals surface area contributed by atoms with Gasteiger partial charge in [-0.2, -0.15) is 0 Å². The zero-order chi connectivity index (χ0) is 12.7. The van der Waals surface area contributed by atoms with Crippen molar-refractivity contribution in [2.75, 3.05) is 13.1 Å². The summed E-state index contributed by atoms with van der Waals surface area (Å²) in [7, 11) is 0. The predicted molar refractivity (Wildman–Crippen MR) is 77.5 cm³/mol. The van der Waals surface area contributed by atoms with Gasteiger partial charge >= 0.3 is 0 Å². The minimum atomic E-state index is 0.772. The fraction of sp³-hybridized carbons (Fsp3) is 0.533. The topological polar surface area (TPSA) is 21.1 Å². The van der Waals surface area contributed by atoms with Crippen molar-refractivity contribution in [1.82, 2.24) is 14.5 Å². The Morgan fingerprint density at radius 2 is 2.32 bits per heavy atom. The molecule has 3 nitrogen and oxygen atoms in total. The van der Waals surface area contributed by atoms with E-state index in [0.29, 0.717) is 0 Å². The fourth-order valence-electron chi connectivity index (χ4n) is 2.97. The summed E-state index contributed by atoms with van der Waals surface area (Å²) in [4.78, 5) is 8.68. The number of nitrogens with zero attached hydrogens (tertiary/aromatic N) is 3. The maximum atomic E-state index is 4.64. The maximum Gasteiger partial charge on any atom is 0.0954 e. The molecule has 1 aliphatic heterocycles. The molecule has 0 bridgehead atoms. The van der Waals surface area contributed by atoms with E-state index in [-0.39, 0.29) is 0 Å². The van der Waals surface area contributed by atoms with Gasteiger partial charge in [0.2, 0.25) is 0 Å². The van der Waals surface area contributed by atoms with E-state index in [1.54, 1.807) is 0 Å². The van der Waals surface area contributed by atoms with Crippen LogP contribution in [0.1, 0.15) is 35.1 Å². The molecular formula is C15H19N3S. The van der Waals surface area contributed by atoms with Crippen molar-refractivity contribution in [1.29, 1.82) is 0 Å². The van der Waals surface area contributed by atoms with Gasteiger partial charge in [0, 0.05) is 42.7 Å². The van der Waals surface area contributed by atoms with Gasteiger partial charge in [-0.3, -0.25) is 4.90 Å². The molecule has 4 rings (SSSR count). The molecule has 1 aliphatic carbocycles. The zero-order valence-corrected chi connectivity index (χ0v) is 11.9. The lowest BCUT2D eigenvalue weighted by molar-refractivity contribution is 0.251. The van der Waals surface area contributed by atoms with Gasteiger partial charge in [-0.15, -0.1) is 11.3 Å². The summed E-state index contributed by atoms with van der Waals surface area (Å²) in [5.74, 6) is 0. The molecule has 0 atom stereocenters. The van der Waals surface area contributed by atoms with Crippen molar-refractivity contribution in [3.05, 3.63) is 40.1 Å². The molecule has 2 aromatic rings. The van der Waals surface area contributed by atoms with E-state index in [4.69, 9.17) is 0 Å². The first-order valence-corrected chi connectivity index (χ1v) is 8.07. The number of fused-ring (bicyclic) bond motifs is 1. The third-order valence-corrected chi connectivity index (χ3v) is 5.15. The highest BCUT2D eigenvalue weighted by Crippen LogP contribution is 2.37. The van der Waals surface area contributed by atoms with Gasteiger partial charge in [0.25, 0.3) is 0 Å². The highest BCUT2D eigenvalue weighted by molar-refractivity contribution is 7.09. The molecule has 0 aromatic carbocycles.